The van der Waals surface area contributed by atoms with Gasteiger partial charge in [-0.15, -0.1) is 24.0 Å². The third kappa shape index (κ3) is 5.43. The van der Waals surface area contributed by atoms with Crippen LogP contribution in [0.15, 0.2) is 47.6 Å². The summed E-state index contributed by atoms with van der Waals surface area (Å²) in [5.41, 5.74) is 1.93. The summed E-state index contributed by atoms with van der Waals surface area (Å²) in [6, 6.07) is 12.1. The third-order valence-electron chi connectivity index (χ3n) is 4.26. The van der Waals surface area contributed by atoms with E-state index in [1.165, 1.54) is 0 Å². The van der Waals surface area contributed by atoms with Crippen molar-refractivity contribution < 1.29 is 4.74 Å². The van der Waals surface area contributed by atoms with Crippen LogP contribution < -0.4 is 10.6 Å². The molecule has 1 aromatic heterocycles. The molecule has 6 nitrogen and oxygen atoms in total. The van der Waals surface area contributed by atoms with Crippen LogP contribution in [0, 0.1) is 0 Å². The van der Waals surface area contributed by atoms with Gasteiger partial charge < -0.3 is 15.4 Å². The molecular weight excluding hydrogens is 429 g/mol. The van der Waals surface area contributed by atoms with Gasteiger partial charge in [0.15, 0.2) is 5.96 Å². The molecule has 1 atom stereocenters. The second kappa shape index (κ2) is 9.19. The normalized spacial score (nSPS) is 20.2. The third-order valence-corrected chi connectivity index (χ3v) is 4.26. The highest BCUT2D eigenvalue weighted by molar-refractivity contribution is 14.0. The zero-order valence-electron chi connectivity index (χ0n) is 14.7. The van der Waals surface area contributed by atoms with E-state index < -0.39 is 0 Å². The van der Waals surface area contributed by atoms with Gasteiger partial charge in [0.25, 0.3) is 0 Å². The first-order valence-electron chi connectivity index (χ1n) is 8.37. The molecule has 0 radical (unpaired) electrons. The molecule has 7 heteroatoms. The van der Waals surface area contributed by atoms with E-state index in [2.05, 4.69) is 27.6 Å². The number of benzene rings is 1. The van der Waals surface area contributed by atoms with Crippen LogP contribution >= 0.6 is 24.0 Å². The lowest BCUT2D eigenvalue weighted by Crippen LogP contribution is -2.45. The summed E-state index contributed by atoms with van der Waals surface area (Å²) in [5.74, 6) is 0.765. The van der Waals surface area contributed by atoms with Crippen molar-refractivity contribution >= 4 is 29.9 Å². The van der Waals surface area contributed by atoms with Crippen LogP contribution in [-0.4, -0.2) is 41.5 Å². The Morgan fingerprint density at radius 2 is 2.08 bits per heavy atom. The van der Waals surface area contributed by atoms with Crippen LogP contribution in [0.5, 0.6) is 0 Å². The highest BCUT2D eigenvalue weighted by Gasteiger charge is 2.29. The predicted octanol–water partition coefficient (Wildman–Crippen LogP) is 2.72. The number of aromatic nitrogens is 2. The van der Waals surface area contributed by atoms with Gasteiger partial charge in [-0.2, -0.15) is 5.10 Å². The first-order chi connectivity index (χ1) is 11.7. The maximum Gasteiger partial charge on any atom is 0.191 e. The Morgan fingerprint density at radius 3 is 2.76 bits per heavy atom. The monoisotopic (exact) mass is 455 g/mol. The number of hydrogen-bond donors (Lipinski definition) is 2. The lowest BCUT2D eigenvalue weighted by molar-refractivity contribution is 0.0243. The topological polar surface area (TPSA) is 63.5 Å². The fourth-order valence-electron chi connectivity index (χ4n) is 2.82. The second-order valence-corrected chi connectivity index (χ2v) is 6.27. The molecular formula is C18H26IN5O. The lowest BCUT2D eigenvalue weighted by Gasteiger charge is -2.24. The summed E-state index contributed by atoms with van der Waals surface area (Å²) in [5, 5.41) is 11.2. The van der Waals surface area contributed by atoms with Gasteiger partial charge in [0.2, 0.25) is 0 Å². The SMILES string of the molecule is CN=C(NCc1ccn(-c2ccccc2)n1)NCC1(C)CCCO1.I. The Morgan fingerprint density at radius 1 is 1.28 bits per heavy atom. The number of ether oxygens (including phenoxy) is 1. The maximum absolute atomic E-state index is 5.79. The zero-order valence-corrected chi connectivity index (χ0v) is 17.1. The van der Waals surface area contributed by atoms with E-state index in [0.29, 0.717) is 6.54 Å². The number of aliphatic imine (C=N–C) groups is 1. The quantitative estimate of drug-likeness (QED) is 0.414. The van der Waals surface area contributed by atoms with E-state index in [0.717, 1.165) is 43.3 Å². The van der Waals surface area contributed by atoms with E-state index in [-0.39, 0.29) is 29.6 Å². The van der Waals surface area contributed by atoms with Crippen LogP contribution in [0.25, 0.3) is 5.69 Å². The number of rotatable bonds is 5. The molecule has 0 bridgehead atoms. The molecule has 25 heavy (non-hydrogen) atoms. The van der Waals surface area contributed by atoms with E-state index >= 15 is 0 Å². The van der Waals surface area contributed by atoms with E-state index in [9.17, 15) is 0 Å². The van der Waals surface area contributed by atoms with Crippen molar-refractivity contribution in [1.29, 1.82) is 0 Å². The smallest absolute Gasteiger partial charge is 0.191 e. The number of para-hydroxylation sites is 1. The Balaban J connectivity index is 0.00000225. The molecule has 136 valence electrons. The van der Waals surface area contributed by atoms with E-state index in [1.807, 2.05) is 47.3 Å². The predicted molar refractivity (Wildman–Crippen MR) is 111 cm³/mol. The van der Waals surface area contributed by atoms with Gasteiger partial charge >= 0.3 is 0 Å². The van der Waals surface area contributed by atoms with Gasteiger partial charge in [0, 0.05) is 26.4 Å². The average Bonchev–Trinajstić information content (AvgIpc) is 3.26. The van der Waals surface area contributed by atoms with Crippen LogP contribution in [0.4, 0.5) is 0 Å². The van der Waals surface area contributed by atoms with Gasteiger partial charge in [0.05, 0.1) is 23.5 Å². The minimum absolute atomic E-state index is 0. The number of hydrogen-bond acceptors (Lipinski definition) is 3. The van der Waals surface area contributed by atoms with Crippen molar-refractivity contribution in [2.75, 3.05) is 20.2 Å². The fourth-order valence-corrected chi connectivity index (χ4v) is 2.82. The first-order valence-corrected chi connectivity index (χ1v) is 8.37. The molecule has 0 spiro atoms. The molecule has 3 rings (SSSR count). The highest BCUT2D eigenvalue weighted by Crippen LogP contribution is 2.23. The Labute approximate surface area is 166 Å². The summed E-state index contributed by atoms with van der Waals surface area (Å²) < 4.78 is 7.67. The minimum atomic E-state index is -0.0908. The van der Waals surface area contributed by atoms with Gasteiger partial charge in [-0.05, 0) is 38.0 Å². The van der Waals surface area contributed by atoms with Crippen molar-refractivity contribution in [3.05, 3.63) is 48.3 Å². The van der Waals surface area contributed by atoms with Gasteiger partial charge in [-0.25, -0.2) is 4.68 Å². The van der Waals surface area contributed by atoms with Gasteiger partial charge in [-0.3, -0.25) is 4.99 Å². The molecule has 1 aliphatic heterocycles. The summed E-state index contributed by atoms with van der Waals surface area (Å²) >= 11 is 0. The molecule has 0 aliphatic carbocycles. The number of nitrogens with zero attached hydrogens (tertiary/aromatic N) is 3. The van der Waals surface area contributed by atoms with Crippen molar-refractivity contribution in [3.8, 4) is 5.69 Å². The largest absolute Gasteiger partial charge is 0.373 e. The van der Waals surface area contributed by atoms with Crippen LogP contribution in [-0.2, 0) is 11.3 Å². The van der Waals surface area contributed by atoms with Crippen LogP contribution in [0.2, 0.25) is 0 Å². The van der Waals surface area contributed by atoms with Crippen molar-refractivity contribution in [2.24, 2.45) is 4.99 Å². The summed E-state index contributed by atoms with van der Waals surface area (Å²) in [4.78, 5) is 4.26. The molecule has 1 aliphatic rings. The molecule has 1 saturated heterocycles. The van der Waals surface area contributed by atoms with Gasteiger partial charge in [0.1, 0.15) is 0 Å². The Hall–Kier alpha value is -1.61. The number of guanidine groups is 1. The summed E-state index contributed by atoms with van der Waals surface area (Å²) in [6.07, 6.45) is 4.18. The fraction of sp³-hybridized carbons (Fsp3) is 0.444. The zero-order chi connectivity index (χ0) is 16.8. The molecule has 1 unspecified atom stereocenters. The summed E-state index contributed by atoms with van der Waals surface area (Å²) in [6.45, 7) is 4.37. The lowest BCUT2D eigenvalue weighted by atomic mass is 10.0. The molecule has 2 aromatic rings. The molecule has 2 heterocycles. The molecule has 2 N–H and O–H groups in total. The molecule has 1 fully saturated rings. The van der Waals surface area contributed by atoms with Crippen LogP contribution in [0.1, 0.15) is 25.5 Å². The summed E-state index contributed by atoms with van der Waals surface area (Å²) in [7, 11) is 1.77. The van der Waals surface area contributed by atoms with Crippen molar-refractivity contribution in [2.45, 2.75) is 31.9 Å². The molecule has 1 aromatic carbocycles. The van der Waals surface area contributed by atoms with E-state index in [1.54, 1.807) is 7.05 Å². The number of nitrogens with one attached hydrogen (secondary N) is 2. The van der Waals surface area contributed by atoms with E-state index in [4.69, 9.17) is 4.74 Å². The molecule has 0 saturated carbocycles. The van der Waals surface area contributed by atoms with Gasteiger partial charge in [-0.1, -0.05) is 18.2 Å². The Bertz CT molecular complexity index is 680. The van der Waals surface area contributed by atoms with Crippen molar-refractivity contribution in [1.82, 2.24) is 20.4 Å². The Kier molecular flexibility index (Phi) is 7.24. The molecule has 0 amide bonds. The minimum Gasteiger partial charge on any atom is -0.373 e. The first kappa shape index (κ1) is 19.7. The number of halogens is 1. The van der Waals surface area contributed by atoms with Crippen LogP contribution in [0.3, 0.4) is 0 Å². The highest BCUT2D eigenvalue weighted by atomic mass is 127. The standard InChI is InChI=1S/C18H25N5O.HI/c1-18(10-6-12-24-18)14-21-17(19-2)20-13-15-9-11-23(22-15)16-7-4-3-5-8-16;/h3-5,7-9,11H,6,10,12-14H2,1-2H3,(H2,19,20,21);1H. The van der Waals surface area contributed by atoms with Crippen molar-refractivity contribution in [3.63, 3.8) is 0 Å². The average molecular weight is 455 g/mol. The second-order valence-electron chi connectivity index (χ2n) is 6.27. The maximum atomic E-state index is 5.79.